The van der Waals surface area contributed by atoms with Crippen LogP contribution in [0.3, 0.4) is 0 Å². The van der Waals surface area contributed by atoms with Crippen LogP contribution in [0.1, 0.15) is 44.1 Å². The van der Waals surface area contributed by atoms with E-state index in [0.29, 0.717) is 6.61 Å². The predicted molar refractivity (Wildman–Crippen MR) is 113 cm³/mol. The summed E-state index contributed by atoms with van der Waals surface area (Å²) in [6, 6.07) is 9.85. The van der Waals surface area contributed by atoms with Gasteiger partial charge in [-0.15, -0.1) is 11.3 Å². The Kier molecular flexibility index (Phi) is 5.14. The van der Waals surface area contributed by atoms with Gasteiger partial charge in [0.1, 0.15) is 4.83 Å². The van der Waals surface area contributed by atoms with Crippen LogP contribution < -0.4 is 5.56 Å². The van der Waals surface area contributed by atoms with Crippen LogP contribution in [0.2, 0.25) is 0 Å². The molecule has 142 valence electrons. The van der Waals surface area contributed by atoms with Gasteiger partial charge in [-0.2, -0.15) is 0 Å². The fourth-order valence-electron chi connectivity index (χ4n) is 3.42. The van der Waals surface area contributed by atoms with Gasteiger partial charge in [0, 0.05) is 17.1 Å². The van der Waals surface area contributed by atoms with Gasteiger partial charge in [-0.3, -0.25) is 9.36 Å². The molecule has 0 aliphatic carbocycles. The molecule has 6 heteroatoms. The molecule has 0 fully saturated rings. The molecule has 3 aromatic rings. The van der Waals surface area contributed by atoms with Crippen molar-refractivity contribution >= 4 is 33.3 Å². The quantitative estimate of drug-likeness (QED) is 0.437. The number of thioether (sulfide) groups is 1. The summed E-state index contributed by atoms with van der Waals surface area (Å²) in [5.74, 6) is 0.937. The summed E-state index contributed by atoms with van der Waals surface area (Å²) in [5, 5.41) is 1.56. The van der Waals surface area contributed by atoms with E-state index < -0.39 is 0 Å². The molecule has 0 amide bonds. The molecule has 0 unspecified atom stereocenters. The van der Waals surface area contributed by atoms with Crippen molar-refractivity contribution < 1.29 is 4.74 Å². The molecule has 27 heavy (non-hydrogen) atoms. The van der Waals surface area contributed by atoms with Gasteiger partial charge in [-0.25, -0.2) is 4.98 Å². The van der Waals surface area contributed by atoms with E-state index in [4.69, 9.17) is 9.72 Å². The van der Waals surface area contributed by atoms with Gasteiger partial charge in [0.05, 0.1) is 23.3 Å². The Hall–Kier alpha value is -1.63. The number of benzene rings is 1. The third kappa shape index (κ3) is 3.35. The molecule has 4 rings (SSSR count). The van der Waals surface area contributed by atoms with Crippen LogP contribution in [-0.2, 0) is 17.8 Å². The van der Waals surface area contributed by atoms with Crippen LogP contribution >= 0.6 is 23.1 Å². The molecule has 1 aromatic carbocycles. The number of thiophene rings is 1. The van der Waals surface area contributed by atoms with Crippen molar-refractivity contribution in [3.05, 3.63) is 51.1 Å². The first-order chi connectivity index (χ1) is 13.1. The van der Waals surface area contributed by atoms with Crippen molar-refractivity contribution in [2.45, 2.75) is 57.4 Å². The topological polar surface area (TPSA) is 44.1 Å². The van der Waals surface area contributed by atoms with Gasteiger partial charge in [0.2, 0.25) is 0 Å². The van der Waals surface area contributed by atoms with Crippen molar-refractivity contribution in [2.24, 2.45) is 0 Å². The first kappa shape index (κ1) is 18.7. The maximum Gasteiger partial charge on any atom is 0.267 e. The lowest BCUT2D eigenvalue weighted by Crippen LogP contribution is -2.34. The van der Waals surface area contributed by atoms with Crippen LogP contribution in [0, 0.1) is 0 Å². The Labute approximate surface area is 167 Å². The molecule has 1 aliphatic heterocycles. The van der Waals surface area contributed by atoms with Gasteiger partial charge < -0.3 is 4.74 Å². The van der Waals surface area contributed by atoms with Gasteiger partial charge in [0.15, 0.2) is 5.16 Å². The van der Waals surface area contributed by atoms with E-state index >= 15 is 0 Å². The highest BCUT2D eigenvalue weighted by molar-refractivity contribution is 7.99. The minimum atomic E-state index is -0.208. The van der Waals surface area contributed by atoms with Crippen molar-refractivity contribution in [2.75, 3.05) is 5.75 Å². The van der Waals surface area contributed by atoms with E-state index in [9.17, 15) is 4.79 Å². The first-order valence-electron chi connectivity index (χ1n) is 9.46. The second-order valence-electron chi connectivity index (χ2n) is 7.17. The summed E-state index contributed by atoms with van der Waals surface area (Å²) in [4.78, 5) is 20.5. The van der Waals surface area contributed by atoms with Gasteiger partial charge in [-0.1, -0.05) is 43.8 Å². The zero-order chi connectivity index (χ0) is 19.0. The van der Waals surface area contributed by atoms with Crippen LogP contribution in [-0.4, -0.2) is 20.9 Å². The molecule has 1 aliphatic rings. The Morgan fingerprint density at radius 2 is 2.07 bits per heavy atom. The van der Waals surface area contributed by atoms with Crippen molar-refractivity contribution in [1.29, 1.82) is 0 Å². The van der Waals surface area contributed by atoms with Crippen molar-refractivity contribution in [3.63, 3.8) is 0 Å². The molecular formula is C21H24N2O2S2. The second kappa shape index (κ2) is 7.41. The fourth-order valence-corrected chi connectivity index (χ4v) is 5.43. The van der Waals surface area contributed by atoms with Crippen LogP contribution in [0.25, 0.3) is 15.9 Å². The second-order valence-corrected chi connectivity index (χ2v) is 9.32. The Morgan fingerprint density at radius 1 is 1.30 bits per heavy atom. The maximum absolute atomic E-state index is 13.6. The highest BCUT2D eigenvalue weighted by Crippen LogP contribution is 2.39. The van der Waals surface area contributed by atoms with E-state index in [0.717, 1.165) is 56.5 Å². The number of ether oxygens (including phenoxy) is 1. The zero-order valence-electron chi connectivity index (χ0n) is 15.9. The van der Waals surface area contributed by atoms with Crippen LogP contribution in [0.5, 0.6) is 0 Å². The van der Waals surface area contributed by atoms with Gasteiger partial charge in [-0.05, 0) is 37.5 Å². The number of aromatic nitrogens is 2. The lowest BCUT2D eigenvalue weighted by atomic mass is 9.90. The molecule has 1 atom stereocenters. The predicted octanol–water partition coefficient (Wildman–Crippen LogP) is 5.19. The monoisotopic (exact) mass is 400 g/mol. The summed E-state index contributed by atoms with van der Waals surface area (Å²) in [7, 11) is 0. The summed E-state index contributed by atoms with van der Waals surface area (Å²) in [5.41, 5.74) is 1.85. The zero-order valence-corrected chi connectivity index (χ0v) is 17.6. The lowest BCUT2D eigenvalue weighted by molar-refractivity contribution is -0.0543. The molecule has 0 saturated heterocycles. The summed E-state index contributed by atoms with van der Waals surface area (Å²) in [6.45, 7) is 6.99. The number of para-hydroxylation sites is 1. The average Bonchev–Trinajstić information content (AvgIpc) is 3.04. The summed E-state index contributed by atoms with van der Waals surface area (Å²) < 4.78 is 7.88. The average molecular weight is 401 g/mol. The molecule has 3 heterocycles. The fraction of sp³-hybridized carbons (Fsp3) is 0.429. The van der Waals surface area contributed by atoms with Crippen molar-refractivity contribution in [1.82, 2.24) is 9.55 Å². The molecule has 2 aromatic heterocycles. The molecule has 0 bridgehead atoms. The molecule has 0 spiro atoms. The van der Waals surface area contributed by atoms with E-state index in [1.165, 1.54) is 0 Å². The first-order valence-corrected chi connectivity index (χ1v) is 11.3. The Morgan fingerprint density at radius 3 is 2.78 bits per heavy atom. The van der Waals surface area contributed by atoms with Gasteiger partial charge >= 0.3 is 0 Å². The van der Waals surface area contributed by atoms with E-state index in [-0.39, 0.29) is 11.2 Å². The smallest absolute Gasteiger partial charge is 0.267 e. The van der Waals surface area contributed by atoms with E-state index in [2.05, 4.69) is 20.8 Å². The highest BCUT2D eigenvalue weighted by Gasteiger charge is 2.33. The number of rotatable bonds is 5. The molecular weight excluding hydrogens is 376 g/mol. The Balaban J connectivity index is 1.96. The highest BCUT2D eigenvalue weighted by atomic mass is 32.2. The standard InChI is InChI=1S/C21H24N2O2S2/c1-4-11-26-20-22-18-17(19(24)23(20)14-9-7-6-8-10-14)15-12-21(3,5-2)25-13-16(15)27-18/h6-10H,4-5,11-13H2,1-3H3/t21-/m1/s1. The van der Waals surface area contributed by atoms with Gasteiger partial charge in [0.25, 0.3) is 5.56 Å². The van der Waals surface area contributed by atoms with E-state index in [1.54, 1.807) is 27.7 Å². The van der Waals surface area contributed by atoms with Crippen LogP contribution in [0.4, 0.5) is 0 Å². The number of fused-ring (bicyclic) bond motifs is 3. The molecule has 0 N–H and O–H groups in total. The Bertz CT molecular complexity index is 1030. The molecule has 0 radical (unpaired) electrons. The SMILES string of the molecule is CCCSc1nc2sc3c(c2c(=O)n1-c1ccccc1)C[C@@](C)(CC)OC3. The number of hydrogen-bond donors (Lipinski definition) is 0. The third-order valence-electron chi connectivity index (χ3n) is 5.18. The van der Waals surface area contributed by atoms with Crippen molar-refractivity contribution in [3.8, 4) is 5.69 Å². The number of hydrogen-bond acceptors (Lipinski definition) is 5. The molecule has 4 nitrogen and oxygen atoms in total. The van der Waals surface area contributed by atoms with E-state index in [1.807, 2.05) is 30.3 Å². The minimum Gasteiger partial charge on any atom is -0.369 e. The summed E-state index contributed by atoms with van der Waals surface area (Å²) >= 11 is 3.26. The lowest BCUT2D eigenvalue weighted by Gasteiger charge is -2.32. The maximum atomic E-state index is 13.6. The van der Waals surface area contributed by atoms with Crippen LogP contribution in [0.15, 0.2) is 40.3 Å². The third-order valence-corrected chi connectivity index (χ3v) is 7.42. The normalized spacial score (nSPS) is 19.4. The summed E-state index contributed by atoms with van der Waals surface area (Å²) in [6.07, 6.45) is 2.73. The minimum absolute atomic E-state index is 0.0441. The molecule has 0 saturated carbocycles. The largest absolute Gasteiger partial charge is 0.369 e. The number of nitrogens with zero attached hydrogens (tertiary/aromatic N) is 2.